The molecule has 3 heterocycles. The first kappa shape index (κ1) is 20.8. The molecule has 1 aromatic rings. The molecule has 0 spiro atoms. The van der Waals surface area contributed by atoms with E-state index in [1.807, 2.05) is 4.90 Å². The molecule has 2 unspecified atom stereocenters. The fraction of sp³-hybridized carbons (Fsp3) is 0.538. The Morgan fingerprint density at radius 1 is 1.46 bits per heavy atom. The lowest BCUT2D eigenvalue weighted by atomic mass is 10.2. The summed E-state index contributed by atoms with van der Waals surface area (Å²) in [6.07, 6.45) is 2.09. The van der Waals surface area contributed by atoms with Gasteiger partial charge in [-0.1, -0.05) is 0 Å². The standard InChI is InChI=1S/C13H17N5O3S.2ClH/c19-13(11-7-22-8-15-11)17-4-3-9(6-17)16-12-2-1-10(5-14-12)18(20)21;;/h1-2,5,9,11,15H,3-4,6-8H2,(H,14,16);2*1H. The number of carbonyl (C=O) groups excluding carboxylic acids is 1. The highest BCUT2D eigenvalue weighted by Crippen LogP contribution is 2.19. The van der Waals surface area contributed by atoms with Crippen molar-refractivity contribution in [1.29, 1.82) is 0 Å². The zero-order valence-electron chi connectivity index (χ0n) is 12.7. The van der Waals surface area contributed by atoms with Crippen LogP contribution in [-0.2, 0) is 4.79 Å². The van der Waals surface area contributed by atoms with Gasteiger partial charge in [-0.3, -0.25) is 20.2 Å². The largest absolute Gasteiger partial charge is 0.365 e. The topological polar surface area (TPSA) is 100 Å². The van der Waals surface area contributed by atoms with E-state index in [0.717, 1.165) is 24.6 Å². The minimum atomic E-state index is -0.473. The predicted octanol–water partition coefficient (Wildman–Crippen LogP) is 1.51. The molecule has 2 aliphatic rings. The summed E-state index contributed by atoms with van der Waals surface area (Å²) >= 11 is 1.74. The minimum absolute atomic E-state index is 0. The molecule has 0 radical (unpaired) electrons. The second-order valence-electron chi connectivity index (χ2n) is 5.34. The van der Waals surface area contributed by atoms with Crippen LogP contribution in [0, 0.1) is 10.1 Å². The number of hydrogen-bond acceptors (Lipinski definition) is 7. The molecule has 11 heteroatoms. The number of likely N-dealkylation sites (tertiary alicyclic amines) is 1. The van der Waals surface area contributed by atoms with Crippen LogP contribution in [0.1, 0.15) is 6.42 Å². The van der Waals surface area contributed by atoms with Gasteiger partial charge in [0.1, 0.15) is 12.0 Å². The third-order valence-electron chi connectivity index (χ3n) is 3.83. The molecule has 1 aromatic heterocycles. The van der Waals surface area contributed by atoms with Gasteiger partial charge < -0.3 is 10.2 Å². The first-order chi connectivity index (χ1) is 10.6. The number of nitrogens with one attached hydrogen (secondary N) is 2. The Hall–Kier alpha value is -1.29. The van der Waals surface area contributed by atoms with Gasteiger partial charge in [0.15, 0.2) is 0 Å². The molecular formula is C13H19Cl2N5O3S. The van der Waals surface area contributed by atoms with Crippen LogP contribution < -0.4 is 10.6 Å². The molecule has 2 aliphatic heterocycles. The fourth-order valence-corrected chi connectivity index (χ4v) is 3.57. The molecule has 24 heavy (non-hydrogen) atoms. The maximum Gasteiger partial charge on any atom is 0.287 e. The lowest BCUT2D eigenvalue weighted by molar-refractivity contribution is -0.385. The number of nitro groups is 1. The monoisotopic (exact) mass is 395 g/mol. The van der Waals surface area contributed by atoms with Crippen LogP contribution in [0.2, 0.25) is 0 Å². The predicted molar refractivity (Wildman–Crippen MR) is 98.2 cm³/mol. The van der Waals surface area contributed by atoms with Crippen molar-refractivity contribution in [3.8, 4) is 0 Å². The third-order valence-corrected chi connectivity index (χ3v) is 4.76. The lowest BCUT2D eigenvalue weighted by Gasteiger charge is -2.20. The Kier molecular flexibility index (Phi) is 8.01. The number of carbonyl (C=O) groups is 1. The minimum Gasteiger partial charge on any atom is -0.365 e. The van der Waals surface area contributed by atoms with E-state index in [1.54, 1.807) is 17.8 Å². The van der Waals surface area contributed by atoms with Crippen LogP contribution in [-0.4, -0.2) is 57.5 Å². The van der Waals surface area contributed by atoms with Gasteiger partial charge >= 0.3 is 0 Å². The lowest BCUT2D eigenvalue weighted by Crippen LogP contribution is -2.44. The summed E-state index contributed by atoms with van der Waals surface area (Å²) in [6.45, 7) is 1.37. The van der Waals surface area contributed by atoms with Crippen LogP contribution in [0.25, 0.3) is 0 Å². The Labute approximate surface area is 156 Å². The Morgan fingerprint density at radius 2 is 2.25 bits per heavy atom. The van der Waals surface area contributed by atoms with Crippen molar-refractivity contribution in [1.82, 2.24) is 15.2 Å². The number of aromatic nitrogens is 1. The van der Waals surface area contributed by atoms with Gasteiger partial charge in [-0.05, 0) is 12.5 Å². The van der Waals surface area contributed by atoms with Crippen molar-refractivity contribution in [2.45, 2.75) is 18.5 Å². The molecule has 2 saturated heterocycles. The molecule has 134 valence electrons. The second kappa shape index (κ2) is 9.26. The Balaban J connectivity index is 0.00000144. The van der Waals surface area contributed by atoms with Crippen molar-refractivity contribution < 1.29 is 9.72 Å². The zero-order chi connectivity index (χ0) is 15.5. The summed E-state index contributed by atoms with van der Waals surface area (Å²) in [4.78, 5) is 28.3. The van der Waals surface area contributed by atoms with E-state index >= 15 is 0 Å². The molecule has 0 bridgehead atoms. The molecule has 2 atom stereocenters. The number of hydrogen-bond donors (Lipinski definition) is 2. The van der Waals surface area contributed by atoms with Crippen molar-refractivity contribution in [3.63, 3.8) is 0 Å². The molecule has 2 N–H and O–H groups in total. The first-order valence-electron chi connectivity index (χ1n) is 7.10. The highest BCUT2D eigenvalue weighted by atomic mass is 35.5. The summed E-state index contributed by atoms with van der Waals surface area (Å²) in [7, 11) is 0. The highest BCUT2D eigenvalue weighted by molar-refractivity contribution is 7.99. The molecule has 8 nitrogen and oxygen atoms in total. The molecular weight excluding hydrogens is 377 g/mol. The summed E-state index contributed by atoms with van der Waals surface area (Å²) < 4.78 is 0. The fourth-order valence-electron chi connectivity index (χ4n) is 2.64. The van der Waals surface area contributed by atoms with Crippen molar-refractivity contribution >= 4 is 54.0 Å². The molecule has 0 aromatic carbocycles. The quantitative estimate of drug-likeness (QED) is 0.588. The van der Waals surface area contributed by atoms with Crippen molar-refractivity contribution in [2.24, 2.45) is 0 Å². The summed E-state index contributed by atoms with van der Waals surface area (Å²) in [5.41, 5.74) is -0.0291. The molecule has 1 amide bonds. The molecule has 3 rings (SSSR count). The Bertz CT molecular complexity index is 571. The Morgan fingerprint density at radius 3 is 2.83 bits per heavy atom. The number of amides is 1. The van der Waals surface area contributed by atoms with E-state index in [1.165, 1.54) is 12.3 Å². The summed E-state index contributed by atoms with van der Waals surface area (Å²) in [5.74, 6) is 2.42. The second-order valence-corrected chi connectivity index (χ2v) is 6.38. The molecule has 0 saturated carbocycles. The molecule has 0 aliphatic carbocycles. The maximum atomic E-state index is 12.3. The zero-order valence-corrected chi connectivity index (χ0v) is 15.2. The third kappa shape index (κ3) is 4.85. The smallest absolute Gasteiger partial charge is 0.287 e. The van der Waals surface area contributed by atoms with Gasteiger partial charge in [0.05, 0.1) is 11.0 Å². The highest BCUT2D eigenvalue weighted by Gasteiger charge is 2.32. The van der Waals surface area contributed by atoms with Crippen LogP contribution in [0.5, 0.6) is 0 Å². The van der Waals surface area contributed by atoms with E-state index in [0.29, 0.717) is 12.4 Å². The van der Waals surface area contributed by atoms with Crippen molar-refractivity contribution in [3.05, 3.63) is 28.4 Å². The average Bonchev–Trinajstić information content (AvgIpc) is 3.19. The number of pyridine rings is 1. The number of rotatable bonds is 4. The van der Waals surface area contributed by atoms with Crippen molar-refractivity contribution in [2.75, 3.05) is 30.0 Å². The summed E-state index contributed by atoms with van der Waals surface area (Å²) in [6, 6.07) is 3.08. The van der Waals surface area contributed by atoms with Crippen LogP contribution in [0.3, 0.4) is 0 Å². The number of halogens is 2. The summed E-state index contributed by atoms with van der Waals surface area (Å²) in [5, 5.41) is 17.0. The van der Waals surface area contributed by atoms with E-state index in [-0.39, 0.29) is 48.5 Å². The number of anilines is 1. The van der Waals surface area contributed by atoms with E-state index in [2.05, 4.69) is 15.6 Å². The van der Waals surface area contributed by atoms with Gasteiger partial charge in [-0.15, -0.1) is 36.6 Å². The van der Waals surface area contributed by atoms with Gasteiger partial charge in [0, 0.05) is 36.8 Å². The van der Waals surface area contributed by atoms with Gasteiger partial charge in [0.2, 0.25) is 5.91 Å². The van der Waals surface area contributed by atoms with E-state index < -0.39 is 4.92 Å². The van der Waals surface area contributed by atoms with Crippen LogP contribution in [0.15, 0.2) is 18.3 Å². The maximum absolute atomic E-state index is 12.3. The van der Waals surface area contributed by atoms with E-state index in [9.17, 15) is 14.9 Å². The van der Waals surface area contributed by atoms with Gasteiger partial charge in [-0.25, -0.2) is 4.98 Å². The average molecular weight is 396 g/mol. The van der Waals surface area contributed by atoms with Crippen LogP contribution in [0.4, 0.5) is 11.5 Å². The molecule has 2 fully saturated rings. The van der Waals surface area contributed by atoms with E-state index in [4.69, 9.17) is 0 Å². The SMILES string of the molecule is Cl.Cl.O=C(C1CSCN1)N1CCC(Nc2ccc([N+](=O)[O-])cn2)C1. The van der Waals surface area contributed by atoms with Crippen LogP contribution >= 0.6 is 36.6 Å². The first-order valence-corrected chi connectivity index (χ1v) is 8.26. The number of thioether (sulfide) groups is 1. The normalized spacial score (nSPS) is 22.4. The van der Waals surface area contributed by atoms with Gasteiger partial charge in [0.25, 0.3) is 5.69 Å². The van der Waals surface area contributed by atoms with Gasteiger partial charge in [-0.2, -0.15) is 0 Å². The number of nitrogens with zero attached hydrogens (tertiary/aromatic N) is 3.